The van der Waals surface area contributed by atoms with Crippen molar-refractivity contribution in [2.45, 2.75) is 32.9 Å². The molecule has 0 aliphatic rings. The molecule has 1 unspecified atom stereocenters. The summed E-state index contributed by atoms with van der Waals surface area (Å²) in [5, 5.41) is 2.77. The number of hydrogen-bond donors (Lipinski definition) is 1. The van der Waals surface area contributed by atoms with Gasteiger partial charge in [-0.1, -0.05) is 30.3 Å². The molecule has 0 aliphatic heterocycles. The fraction of sp³-hybridized carbons (Fsp3) is 0.500. The molecule has 0 spiro atoms. The minimum Gasteiger partial charge on any atom is -0.447 e. The molecule has 0 aliphatic carbocycles. The Hall–Kier alpha value is -1.55. The van der Waals surface area contributed by atoms with Crippen molar-refractivity contribution in [1.29, 1.82) is 0 Å². The molecule has 4 nitrogen and oxygen atoms in total. The zero-order chi connectivity index (χ0) is 13.4. The first-order chi connectivity index (χ1) is 8.59. The van der Waals surface area contributed by atoms with Crippen LogP contribution in [-0.2, 0) is 9.47 Å². The molecule has 0 aromatic heterocycles. The zero-order valence-corrected chi connectivity index (χ0v) is 11.2. The van der Waals surface area contributed by atoms with Crippen LogP contribution < -0.4 is 5.32 Å². The molecule has 100 valence electrons. The maximum absolute atomic E-state index is 11.5. The van der Waals surface area contributed by atoms with Gasteiger partial charge in [0.25, 0.3) is 0 Å². The maximum Gasteiger partial charge on any atom is 0.407 e. The molecule has 0 heterocycles. The largest absolute Gasteiger partial charge is 0.447 e. The summed E-state index contributed by atoms with van der Waals surface area (Å²) >= 11 is 0. The van der Waals surface area contributed by atoms with Crippen molar-refractivity contribution in [2.75, 3.05) is 13.2 Å². The van der Waals surface area contributed by atoms with E-state index in [1.54, 1.807) is 0 Å². The second kappa shape index (κ2) is 7.71. The summed E-state index contributed by atoms with van der Waals surface area (Å²) in [6, 6.07) is 9.69. The van der Waals surface area contributed by atoms with E-state index in [2.05, 4.69) is 5.32 Å². The van der Waals surface area contributed by atoms with Gasteiger partial charge in [0, 0.05) is 0 Å². The molecule has 1 atom stereocenters. The van der Waals surface area contributed by atoms with Crippen LogP contribution in [-0.4, -0.2) is 25.4 Å². The van der Waals surface area contributed by atoms with E-state index in [9.17, 15) is 4.79 Å². The molecule has 4 heteroatoms. The van der Waals surface area contributed by atoms with Crippen LogP contribution in [0.25, 0.3) is 0 Å². The Balaban J connectivity index is 2.24. The SMILES string of the molecule is CC(C)OCCOC(=O)NC(C)c1ccccc1. The van der Waals surface area contributed by atoms with Crippen LogP contribution in [0.2, 0.25) is 0 Å². The van der Waals surface area contributed by atoms with Gasteiger partial charge in [0.1, 0.15) is 6.61 Å². The minimum absolute atomic E-state index is 0.0651. The lowest BCUT2D eigenvalue weighted by Crippen LogP contribution is -2.28. The third kappa shape index (κ3) is 5.68. The van der Waals surface area contributed by atoms with E-state index in [0.717, 1.165) is 5.56 Å². The molecular formula is C14H21NO3. The van der Waals surface area contributed by atoms with Crippen LogP contribution in [0.5, 0.6) is 0 Å². The Bertz CT molecular complexity index is 351. The summed E-state index contributed by atoms with van der Waals surface area (Å²) < 4.78 is 10.3. The van der Waals surface area contributed by atoms with Crippen LogP contribution >= 0.6 is 0 Å². The molecule has 1 amide bonds. The molecule has 0 bridgehead atoms. The second-order valence-electron chi connectivity index (χ2n) is 4.33. The molecule has 0 saturated heterocycles. The quantitative estimate of drug-likeness (QED) is 0.791. The number of amides is 1. The van der Waals surface area contributed by atoms with Crippen molar-refractivity contribution < 1.29 is 14.3 Å². The van der Waals surface area contributed by atoms with Gasteiger partial charge in [0.15, 0.2) is 0 Å². The lowest BCUT2D eigenvalue weighted by atomic mass is 10.1. The van der Waals surface area contributed by atoms with Gasteiger partial charge in [-0.05, 0) is 26.3 Å². The highest BCUT2D eigenvalue weighted by Crippen LogP contribution is 2.10. The molecule has 1 aromatic rings. The summed E-state index contributed by atoms with van der Waals surface area (Å²) in [6.07, 6.45) is -0.265. The highest BCUT2D eigenvalue weighted by Gasteiger charge is 2.09. The van der Waals surface area contributed by atoms with Crippen LogP contribution in [0, 0.1) is 0 Å². The van der Waals surface area contributed by atoms with Gasteiger partial charge in [-0.3, -0.25) is 0 Å². The van der Waals surface area contributed by atoms with Crippen molar-refractivity contribution in [2.24, 2.45) is 0 Å². The number of nitrogens with one attached hydrogen (secondary N) is 1. The first-order valence-electron chi connectivity index (χ1n) is 6.19. The third-order valence-corrected chi connectivity index (χ3v) is 2.40. The van der Waals surface area contributed by atoms with Crippen LogP contribution in [0.3, 0.4) is 0 Å². The van der Waals surface area contributed by atoms with Crippen LogP contribution in [0.4, 0.5) is 4.79 Å². The number of hydrogen-bond acceptors (Lipinski definition) is 3. The first-order valence-corrected chi connectivity index (χ1v) is 6.19. The van der Waals surface area contributed by atoms with Gasteiger partial charge in [-0.2, -0.15) is 0 Å². The van der Waals surface area contributed by atoms with E-state index in [1.165, 1.54) is 0 Å². The third-order valence-electron chi connectivity index (χ3n) is 2.40. The lowest BCUT2D eigenvalue weighted by molar-refractivity contribution is 0.0389. The smallest absolute Gasteiger partial charge is 0.407 e. The van der Waals surface area contributed by atoms with Crippen molar-refractivity contribution in [3.63, 3.8) is 0 Å². The fourth-order valence-corrected chi connectivity index (χ4v) is 1.46. The van der Waals surface area contributed by atoms with Crippen molar-refractivity contribution in [3.05, 3.63) is 35.9 Å². The van der Waals surface area contributed by atoms with E-state index >= 15 is 0 Å². The standard InChI is InChI=1S/C14H21NO3/c1-11(2)17-9-10-18-14(16)15-12(3)13-7-5-4-6-8-13/h4-8,11-12H,9-10H2,1-3H3,(H,15,16). The summed E-state index contributed by atoms with van der Waals surface area (Å²) in [4.78, 5) is 11.5. The Morgan fingerprint density at radius 1 is 1.17 bits per heavy atom. The zero-order valence-electron chi connectivity index (χ0n) is 11.2. The van der Waals surface area contributed by atoms with Gasteiger partial charge in [-0.15, -0.1) is 0 Å². The van der Waals surface area contributed by atoms with Gasteiger partial charge < -0.3 is 14.8 Å². The van der Waals surface area contributed by atoms with E-state index in [1.807, 2.05) is 51.1 Å². The average molecular weight is 251 g/mol. The maximum atomic E-state index is 11.5. The van der Waals surface area contributed by atoms with Crippen molar-refractivity contribution in [1.82, 2.24) is 5.32 Å². The van der Waals surface area contributed by atoms with E-state index in [-0.39, 0.29) is 18.8 Å². The average Bonchev–Trinajstić information content (AvgIpc) is 2.35. The van der Waals surface area contributed by atoms with Gasteiger partial charge >= 0.3 is 6.09 Å². The highest BCUT2D eigenvalue weighted by molar-refractivity contribution is 5.67. The molecule has 0 fully saturated rings. The van der Waals surface area contributed by atoms with Crippen LogP contribution in [0.15, 0.2) is 30.3 Å². The van der Waals surface area contributed by atoms with Crippen LogP contribution in [0.1, 0.15) is 32.4 Å². The number of ether oxygens (including phenoxy) is 2. The number of rotatable bonds is 6. The van der Waals surface area contributed by atoms with Gasteiger partial charge in [0.2, 0.25) is 0 Å². The summed E-state index contributed by atoms with van der Waals surface area (Å²) in [5.74, 6) is 0. The van der Waals surface area contributed by atoms with Crippen molar-refractivity contribution >= 4 is 6.09 Å². The summed E-state index contributed by atoms with van der Waals surface area (Å²) in [5.41, 5.74) is 1.05. The monoisotopic (exact) mass is 251 g/mol. The fourth-order valence-electron chi connectivity index (χ4n) is 1.46. The molecule has 0 saturated carbocycles. The van der Waals surface area contributed by atoms with E-state index in [4.69, 9.17) is 9.47 Å². The number of alkyl carbamates (subject to hydrolysis) is 1. The van der Waals surface area contributed by atoms with Gasteiger partial charge in [-0.25, -0.2) is 4.79 Å². The minimum atomic E-state index is -0.418. The Kier molecular flexibility index (Phi) is 6.22. The molecule has 0 radical (unpaired) electrons. The number of carbonyl (C=O) groups is 1. The van der Waals surface area contributed by atoms with Gasteiger partial charge in [0.05, 0.1) is 18.8 Å². The molecule has 1 N–H and O–H groups in total. The molecular weight excluding hydrogens is 230 g/mol. The Morgan fingerprint density at radius 2 is 1.83 bits per heavy atom. The lowest BCUT2D eigenvalue weighted by Gasteiger charge is -2.14. The Morgan fingerprint density at radius 3 is 2.44 bits per heavy atom. The Labute approximate surface area is 108 Å². The predicted octanol–water partition coefficient (Wildman–Crippen LogP) is 2.90. The second-order valence-corrected chi connectivity index (χ2v) is 4.33. The predicted molar refractivity (Wildman–Crippen MR) is 70.4 cm³/mol. The molecule has 18 heavy (non-hydrogen) atoms. The number of benzene rings is 1. The first kappa shape index (κ1) is 14.5. The number of carbonyl (C=O) groups excluding carboxylic acids is 1. The summed E-state index contributed by atoms with van der Waals surface area (Å²) in [7, 11) is 0. The molecule has 1 rings (SSSR count). The highest BCUT2D eigenvalue weighted by atomic mass is 16.6. The summed E-state index contributed by atoms with van der Waals surface area (Å²) in [6.45, 7) is 6.49. The normalized spacial score (nSPS) is 12.2. The van der Waals surface area contributed by atoms with E-state index < -0.39 is 6.09 Å². The van der Waals surface area contributed by atoms with Crippen molar-refractivity contribution in [3.8, 4) is 0 Å². The topological polar surface area (TPSA) is 47.6 Å². The van der Waals surface area contributed by atoms with E-state index in [0.29, 0.717) is 6.61 Å². The molecule has 1 aromatic carbocycles.